The van der Waals surface area contributed by atoms with Gasteiger partial charge in [-0.1, -0.05) is 35.9 Å². The maximum atomic E-state index is 12.3. The van der Waals surface area contributed by atoms with E-state index in [0.29, 0.717) is 22.3 Å². The number of anilines is 1. The Bertz CT molecular complexity index is 888. The molecule has 2 N–H and O–H groups in total. The third kappa shape index (κ3) is 8.10. The predicted octanol–water partition coefficient (Wildman–Crippen LogP) is 2.10. The molecule has 1 aromatic heterocycles. The highest BCUT2D eigenvalue weighted by molar-refractivity contribution is 7.13. The van der Waals surface area contributed by atoms with Gasteiger partial charge in [0.05, 0.1) is 0 Å². The SMILES string of the molecule is CCN1CCN(CCCNC(=O)COCc2nnc(C(=O)Nc3cccc(Cl)c3)s2)CC1. The molecule has 2 aromatic rings. The minimum absolute atomic E-state index is 0.0567. The first-order valence-electron chi connectivity index (χ1n) is 10.7. The topological polar surface area (TPSA) is 99.7 Å². The third-order valence-electron chi connectivity index (χ3n) is 5.09. The van der Waals surface area contributed by atoms with Crippen molar-refractivity contribution in [3.63, 3.8) is 0 Å². The van der Waals surface area contributed by atoms with Gasteiger partial charge in [-0.05, 0) is 37.7 Å². The number of benzene rings is 1. The van der Waals surface area contributed by atoms with E-state index in [-0.39, 0.29) is 30.0 Å². The predicted molar refractivity (Wildman–Crippen MR) is 125 cm³/mol. The molecule has 9 nitrogen and oxygen atoms in total. The fourth-order valence-corrected chi connectivity index (χ4v) is 4.16. The first-order chi connectivity index (χ1) is 15.5. The number of halogens is 1. The van der Waals surface area contributed by atoms with Crippen LogP contribution in [0.5, 0.6) is 0 Å². The summed E-state index contributed by atoms with van der Waals surface area (Å²) in [4.78, 5) is 29.1. The summed E-state index contributed by atoms with van der Waals surface area (Å²) in [5.74, 6) is -0.533. The standard InChI is InChI=1S/C21H29ClN6O3S/c1-2-27-9-11-28(12-10-27)8-4-7-23-18(29)14-31-15-19-25-26-21(32-19)20(30)24-17-6-3-5-16(22)13-17/h3,5-6,13H,2,4,7-12,14-15H2,1H3,(H,23,29)(H,24,30). The molecule has 0 saturated carbocycles. The molecule has 2 heterocycles. The van der Waals surface area contributed by atoms with Crippen molar-refractivity contribution >= 4 is 40.4 Å². The van der Waals surface area contributed by atoms with Crippen LogP contribution in [0.2, 0.25) is 5.02 Å². The molecule has 0 bridgehead atoms. The van der Waals surface area contributed by atoms with Gasteiger partial charge in [-0.25, -0.2) is 0 Å². The number of hydrogen-bond donors (Lipinski definition) is 2. The molecule has 0 unspecified atom stereocenters. The maximum absolute atomic E-state index is 12.3. The van der Waals surface area contributed by atoms with Crippen LogP contribution in [0, 0.1) is 0 Å². The molecule has 1 aromatic carbocycles. The van der Waals surface area contributed by atoms with E-state index in [0.717, 1.165) is 57.0 Å². The molecule has 2 amide bonds. The Balaban J connectivity index is 1.28. The van der Waals surface area contributed by atoms with Gasteiger partial charge in [0, 0.05) is 43.4 Å². The maximum Gasteiger partial charge on any atom is 0.286 e. The number of nitrogens with zero attached hydrogens (tertiary/aromatic N) is 4. The summed E-state index contributed by atoms with van der Waals surface area (Å²) in [7, 11) is 0. The first-order valence-corrected chi connectivity index (χ1v) is 11.9. The molecular weight excluding hydrogens is 452 g/mol. The molecule has 0 spiro atoms. The van der Waals surface area contributed by atoms with Crippen molar-refractivity contribution in [3.05, 3.63) is 39.3 Å². The van der Waals surface area contributed by atoms with Crippen molar-refractivity contribution in [2.75, 3.05) is 57.7 Å². The molecule has 1 saturated heterocycles. The monoisotopic (exact) mass is 480 g/mol. The molecule has 3 rings (SSSR count). The number of carbonyl (C=O) groups excluding carboxylic acids is 2. The van der Waals surface area contributed by atoms with Gasteiger partial charge in [0.2, 0.25) is 10.9 Å². The summed E-state index contributed by atoms with van der Waals surface area (Å²) in [5, 5.41) is 14.7. The second kappa shape index (κ2) is 12.8. The van der Waals surface area contributed by atoms with Crippen molar-refractivity contribution in [1.29, 1.82) is 0 Å². The number of likely N-dealkylation sites (N-methyl/N-ethyl adjacent to an activating group) is 1. The van der Waals surface area contributed by atoms with Crippen LogP contribution >= 0.6 is 22.9 Å². The quantitative estimate of drug-likeness (QED) is 0.475. The average molecular weight is 481 g/mol. The largest absolute Gasteiger partial charge is 0.364 e. The molecule has 32 heavy (non-hydrogen) atoms. The molecule has 1 fully saturated rings. The van der Waals surface area contributed by atoms with E-state index in [9.17, 15) is 9.59 Å². The summed E-state index contributed by atoms with van der Waals surface area (Å²) in [6, 6.07) is 6.85. The van der Waals surface area contributed by atoms with Gasteiger partial charge >= 0.3 is 0 Å². The zero-order valence-corrected chi connectivity index (χ0v) is 19.8. The van der Waals surface area contributed by atoms with Crippen molar-refractivity contribution < 1.29 is 14.3 Å². The normalized spacial score (nSPS) is 14.9. The second-order valence-corrected chi connectivity index (χ2v) is 8.94. The number of amides is 2. The molecule has 1 aliphatic heterocycles. The van der Waals surface area contributed by atoms with Gasteiger partial charge in [0.15, 0.2) is 0 Å². The van der Waals surface area contributed by atoms with Gasteiger partial charge < -0.3 is 25.2 Å². The Morgan fingerprint density at radius 2 is 1.97 bits per heavy atom. The van der Waals surface area contributed by atoms with Crippen LogP contribution in [-0.4, -0.2) is 84.2 Å². The van der Waals surface area contributed by atoms with E-state index in [1.807, 2.05) is 0 Å². The number of ether oxygens (including phenoxy) is 1. The van der Waals surface area contributed by atoms with Crippen LogP contribution < -0.4 is 10.6 Å². The molecule has 11 heteroatoms. The lowest BCUT2D eigenvalue weighted by Crippen LogP contribution is -2.46. The second-order valence-electron chi connectivity index (χ2n) is 7.44. The molecule has 1 aliphatic rings. The van der Waals surface area contributed by atoms with Gasteiger partial charge in [-0.2, -0.15) is 0 Å². The first kappa shape index (κ1) is 24.5. The molecular formula is C21H29ClN6O3S. The van der Waals surface area contributed by atoms with Gasteiger partial charge in [0.1, 0.15) is 18.2 Å². The highest BCUT2D eigenvalue weighted by Gasteiger charge is 2.15. The number of carbonyl (C=O) groups is 2. The Kier molecular flexibility index (Phi) is 9.82. The summed E-state index contributed by atoms with van der Waals surface area (Å²) in [6.45, 7) is 9.40. The van der Waals surface area contributed by atoms with E-state index in [1.165, 1.54) is 0 Å². The number of nitrogens with one attached hydrogen (secondary N) is 2. The van der Waals surface area contributed by atoms with Crippen LogP contribution in [0.4, 0.5) is 5.69 Å². The lowest BCUT2D eigenvalue weighted by Gasteiger charge is -2.33. The summed E-state index contributed by atoms with van der Waals surface area (Å²) in [6.07, 6.45) is 0.916. The van der Waals surface area contributed by atoms with E-state index in [1.54, 1.807) is 24.3 Å². The Hall–Kier alpha value is -2.11. The Morgan fingerprint density at radius 1 is 1.19 bits per heavy atom. The van der Waals surface area contributed by atoms with E-state index >= 15 is 0 Å². The number of piperazine rings is 1. The number of aromatic nitrogens is 2. The zero-order valence-electron chi connectivity index (χ0n) is 18.2. The van der Waals surface area contributed by atoms with Gasteiger partial charge in [0.25, 0.3) is 5.91 Å². The van der Waals surface area contributed by atoms with Crippen LogP contribution in [0.1, 0.15) is 28.2 Å². The lowest BCUT2D eigenvalue weighted by molar-refractivity contribution is -0.126. The van der Waals surface area contributed by atoms with Crippen molar-refractivity contribution in [3.8, 4) is 0 Å². The highest BCUT2D eigenvalue weighted by atomic mass is 35.5. The number of hydrogen-bond acceptors (Lipinski definition) is 8. The van der Waals surface area contributed by atoms with Gasteiger partial charge in [-0.3, -0.25) is 9.59 Å². The highest BCUT2D eigenvalue weighted by Crippen LogP contribution is 2.17. The van der Waals surface area contributed by atoms with E-state index in [2.05, 4.69) is 37.6 Å². The molecule has 0 radical (unpaired) electrons. The average Bonchev–Trinajstić information content (AvgIpc) is 3.26. The summed E-state index contributed by atoms with van der Waals surface area (Å²) in [5.41, 5.74) is 0.579. The van der Waals surface area contributed by atoms with Crippen molar-refractivity contribution in [2.45, 2.75) is 20.0 Å². The van der Waals surface area contributed by atoms with Crippen LogP contribution in [0.25, 0.3) is 0 Å². The smallest absolute Gasteiger partial charge is 0.286 e. The van der Waals surface area contributed by atoms with Gasteiger partial charge in [-0.15, -0.1) is 10.2 Å². The Labute approximate surface area is 197 Å². The lowest BCUT2D eigenvalue weighted by atomic mass is 10.3. The minimum atomic E-state index is -0.370. The molecule has 0 aliphatic carbocycles. The zero-order chi connectivity index (χ0) is 22.8. The van der Waals surface area contributed by atoms with Crippen molar-refractivity contribution in [1.82, 2.24) is 25.3 Å². The van der Waals surface area contributed by atoms with E-state index < -0.39 is 0 Å². The van der Waals surface area contributed by atoms with Crippen LogP contribution in [0.3, 0.4) is 0 Å². The van der Waals surface area contributed by atoms with Crippen LogP contribution in [-0.2, 0) is 16.1 Å². The molecule has 174 valence electrons. The van der Waals surface area contributed by atoms with Crippen LogP contribution in [0.15, 0.2) is 24.3 Å². The minimum Gasteiger partial charge on any atom is -0.364 e. The summed E-state index contributed by atoms with van der Waals surface area (Å²) >= 11 is 7.04. The number of rotatable bonds is 11. The fraction of sp³-hybridized carbons (Fsp3) is 0.524. The summed E-state index contributed by atoms with van der Waals surface area (Å²) < 4.78 is 5.41. The fourth-order valence-electron chi connectivity index (χ4n) is 3.30. The van der Waals surface area contributed by atoms with Crippen molar-refractivity contribution in [2.24, 2.45) is 0 Å². The third-order valence-corrected chi connectivity index (χ3v) is 6.22. The Morgan fingerprint density at radius 3 is 2.72 bits per heavy atom. The van der Waals surface area contributed by atoms with E-state index in [4.69, 9.17) is 16.3 Å². The molecule has 0 atom stereocenters.